The monoisotopic (exact) mass is 371 g/mol. The second kappa shape index (κ2) is 7.78. The first-order valence-electron chi connectivity index (χ1n) is 8.80. The zero-order chi connectivity index (χ0) is 19.4. The third kappa shape index (κ3) is 4.10. The standard InChI is InChI=1S/C21H25NO5/c1-21(2)13-27-20(23)22-19(21)15-10-17(24-3)18(25-4)11-16(15)26-12-14-8-6-5-7-9-14/h5-11,19H,12-13H2,1-4H3,(H,22,23)/t19-/m1/s1. The fourth-order valence-corrected chi connectivity index (χ4v) is 3.15. The van der Waals surface area contributed by atoms with Gasteiger partial charge in [-0.1, -0.05) is 44.2 Å². The highest BCUT2D eigenvalue weighted by molar-refractivity contribution is 5.69. The topological polar surface area (TPSA) is 66.0 Å². The number of hydrogen-bond donors (Lipinski definition) is 1. The van der Waals surface area contributed by atoms with Crippen LogP contribution >= 0.6 is 0 Å². The molecule has 1 fully saturated rings. The lowest BCUT2D eigenvalue weighted by Crippen LogP contribution is -2.47. The molecule has 0 spiro atoms. The molecule has 1 heterocycles. The van der Waals surface area contributed by atoms with Gasteiger partial charge in [0.15, 0.2) is 11.5 Å². The third-order valence-electron chi connectivity index (χ3n) is 4.68. The highest BCUT2D eigenvalue weighted by Gasteiger charge is 2.40. The van der Waals surface area contributed by atoms with Crippen LogP contribution in [0.25, 0.3) is 0 Å². The molecule has 27 heavy (non-hydrogen) atoms. The minimum atomic E-state index is -0.442. The molecule has 0 aliphatic carbocycles. The number of cyclic esters (lactones) is 1. The molecule has 2 aromatic rings. The smallest absolute Gasteiger partial charge is 0.407 e. The Bertz CT molecular complexity index is 804. The molecule has 1 amide bonds. The molecular formula is C21H25NO5. The molecule has 1 aliphatic rings. The van der Waals surface area contributed by atoms with E-state index in [0.717, 1.165) is 11.1 Å². The van der Waals surface area contributed by atoms with Crippen LogP contribution in [0.2, 0.25) is 0 Å². The molecule has 1 aliphatic heterocycles. The van der Waals surface area contributed by atoms with Crippen LogP contribution in [0.15, 0.2) is 42.5 Å². The van der Waals surface area contributed by atoms with Crippen LogP contribution in [-0.2, 0) is 11.3 Å². The van der Waals surface area contributed by atoms with Crippen LogP contribution in [0, 0.1) is 5.41 Å². The lowest BCUT2D eigenvalue weighted by molar-refractivity contribution is 0.0377. The van der Waals surface area contributed by atoms with Gasteiger partial charge in [0.25, 0.3) is 0 Å². The number of amides is 1. The highest BCUT2D eigenvalue weighted by atomic mass is 16.6. The Morgan fingerprint density at radius 3 is 2.41 bits per heavy atom. The van der Waals surface area contributed by atoms with Crippen molar-refractivity contribution in [1.29, 1.82) is 0 Å². The molecule has 0 saturated carbocycles. The van der Waals surface area contributed by atoms with Crippen LogP contribution in [0.5, 0.6) is 17.2 Å². The van der Waals surface area contributed by atoms with Gasteiger partial charge in [-0.15, -0.1) is 0 Å². The van der Waals surface area contributed by atoms with Crippen LogP contribution in [-0.4, -0.2) is 26.9 Å². The fourth-order valence-electron chi connectivity index (χ4n) is 3.15. The van der Waals surface area contributed by atoms with E-state index in [1.54, 1.807) is 20.3 Å². The average molecular weight is 371 g/mol. The first kappa shape index (κ1) is 18.9. The van der Waals surface area contributed by atoms with E-state index >= 15 is 0 Å². The number of alkyl carbamates (subject to hydrolysis) is 1. The van der Waals surface area contributed by atoms with Gasteiger partial charge in [-0.3, -0.25) is 0 Å². The average Bonchev–Trinajstić information content (AvgIpc) is 2.68. The molecule has 1 saturated heterocycles. The molecule has 1 N–H and O–H groups in total. The zero-order valence-electron chi connectivity index (χ0n) is 16.1. The van der Waals surface area contributed by atoms with E-state index in [1.807, 2.05) is 50.2 Å². The SMILES string of the molecule is COc1cc(OCc2ccccc2)c([C@H]2NC(=O)OCC2(C)C)cc1OC. The maximum atomic E-state index is 11.9. The van der Waals surface area contributed by atoms with Crippen molar-refractivity contribution in [2.75, 3.05) is 20.8 Å². The summed E-state index contributed by atoms with van der Waals surface area (Å²) in [6.07, 6.45) is -0.442. The Kier molecular flexibility index (Phi) is 5.44. The molecule has 144 valence electrons. The Balaban J connectivity index is 2.00. The second-order valence-electron chi connectivity index (χ2n) is 7.16. The van der Waals surface area contributed by atoms with Gasteiger partial charge >= 0.3 is 6.09 Å². The molecule has 6 heteroatoms. The van der Waals surface area contributed by atoms with Crippen molar-refractivity contribution < 1.29 is 23.7 Å². The summed E-state index contributed by atoms with van der Waals surface area (Å²) in [6, 6.07) is 13.3. The quantitative estimate of drug-likeness (QED) is 0.828. The largest absolute Gasteiger partial charge is 0.493 e. The summed E-state index contributed by atoms with van der Waals surface area (Å²) < 4.78 is 22.2. The molecule has 0 bridgehead atoms. The van der Waals surface area contributed by atoms with Crippen LogP contribution in [0.3, 0.4) is 0 Å². The summed E-state index contributed by atoms with van der Waals surface area (Å²) in [5.74, 6) is 1.79. The lowest BCUT2D eigenvalue weighted by atomic mass is 9.80. The normalized spacial score (nSPS) is 18.2. The molecule has 1 atom stereocenters. The van der Waals surface area contributed by atoms with Gasteiger partial charge in [0.2, 0.25) is 0 Å². The van der Waals surface area contributed by atoms with Gasteiger partial charge in [0.05, 0.1) is 20.3 Å². The van der Waals surface area contributed by atoms with E-state index in [2.05, 4.69) is 5.32 Å². The van der Waals surface area contributed by atoms with Crippen molar-refractivity contribution >= 4 is 6.09 Å². The number of nitrogens with one attached hydrogen (secondary N) is 1. The molecule has 2 aromatic carbocycles. The number of carbonyl (C=O) groups excluding carboxylic acids is 1. The second-order valence-corrected chi connectivity index (χ2v) is 7.16. The minimum Gasteiger partial charge on any atom is -0.493 e. The van der Waals surface area contributed by atoms with Crippen molar-refractivity contribution in [3.05, 3.63) is 53.6 Å². The van der Waals surface area contributed by atoms with Crippen molar-refractivity contribution in [3.63, 3.8) is 0 Å². The molecule has 3 rings (SSSR count). The summed E-state index contributed by atoms with van der Waals surface area (Å²) in [5.41, 5.74) is 1.55. The van der Waals surface area contributed by atoms with Crippen LogP contribution in [0.1, 0.15) is 31.0 Å². The van der Waals surface area contributed by atoms with E-state index < -0.39 is 6.09 Å². The summed E-state index contributed by atoms with van der Waals surface area (Å²) in [5, 5.41) is 2.91. The fraction of sp³-hybridized carbons (Fsp3) is 0.381. The summed E-state index contributed by atoms with van der Waals surface area (Å²) in [6.45, 7) is 4.79. The van der Waals surface area contributed by atoms with Crippen molar-refractivity contribution in [1.82, 2.24) is 5.32 Å². The number of rotatable bonds is 6. The minimum absolute atomic E-state index is 0.288. The van der Waals surface area contributed by atoms with Gasteiger partial charge < -0.3 is 24.3 Å². The lowest BCUT2D eigenvalue weighted by Gasteiger charge is -2.39. The number of hydrogen-bond acceptors (Lipinski definition) is 5. The number of benzene rings is 2. The molecule has 0 aromatic heterocycles. The highest BCUT2D eigenvalue weighted by Crippen LogP contribution is 2.44. The first-order chi connectivity index (χ1) is 12.9. The zero-order valence-corrected chi connectivity index (χ0v) is 16.1. The van der Waals surface area contributed by atoms with Gasteiger partial charge in [-0.25, -0.2) is 4.79 Å². The van der Waals surface area contributed by atoms with E-state index in [-0.39, 0.29) is 11.5 Å². The van der Waals surface area contributed by atoms with E-state index in [1.165, 1.54) is 0 Å². The Hall–Kier alpha value is -2.89. The molecule has 6 nitrogen and oxygen atoms in total. The maximum absolute atomic E-state index is 11.9. The summed E-state index contributed by atoms with van der Waals surface area (Å²) in [4.78, 5) is 11.9. The number of carbonyl (C=O) groups is 1. The molecule has 0 unspecified atom stereocenters. The number of ether oxygens (including phenoxy) is 4. The van der Waals surface area contributed by atoms with Gasteiger partial charge in [0.1, 0.15) is 19.0 Å². The van der Waals surface area contributed by atoms with Crippen molar-refractivity contribution in [2.24, 2.45) is 5.41 Å². The van der Waals surface area contributed by atoms with E-state index in [0.29, 0.717) is 30.5 Å². The first-order valence-corrected chi connectivity index (χ1v) is 8.80. The molecular weight excluding hydrogens is 346 g/mol. The number of methoxy groups -OCH3 is 2. The Labute approximate surface area is 159 Å². The van der Waals surface area contributed by atoms with E-state index in [4.69, 9.17) is 18.9 Å². The summed E-state index contributed by atoms with van der Waals surface area (Å²) >= 11 is 0. The van der Waals surface area contributed by atoms with Crippen LogP contribution < -0.4 is 19.5 Å². The predicted molar refractivity (Wildman–Crippen MR) is 101 cm³/mol. The van der Waals surface area contributed by atoms with Crippen molar-refractivity contribution in [2.45, 2.75) is 26.5 Å². The van der Waals surface area contributed by atoms with Gasteiger partial charge in [-0.05, 0) is 11.6 Å². The van der Waals surface area contributed by atoms with Gasteiger partial charge in [-0.2, -0.15) is 0 Å². The Morgan fingerprint density at radius 2 is 1.74 bits per heavy atom. The van der Waals surface area contributed by atoms with E-state index in [9.17, 15) is 4.79 Å². The predicted octanol–water partition coefficient (Wildman–Crippen LogP) is 4.09. The third-order valence-corrected chi connectivity index (χ3v) is 4.68. The van der Waals surface area contributed by atoms with Crippen molar-refractivity contribution in [3.8, 4) is 17.2 Å². The van der Waals surface area contributed by atoms with Crippen LogP contribution in [0.4, 0.5) is 4.79 Å². The molecule has 0 radical (unpaired) electrons. The van der Waals surface area contributed by atoms with Gasteiger partial charge in [0, 0.05) is 17.0 Å². The Morgan fingerprint density at radius 1 is 1.07 bits per heavy atom. The summed E-state index contributed by atoms with van der Waals surface area (Å²) in [7, 11) is 3.17. The maximum Gasteiger partial charge on any atom is 0.407 e.